The van der Waals surface area contributed by atoms with E-state index in [4.69, 9.17) is 4.74 Å². The first kappa shape index (κ1) is 18.2. The summed E-state index contributed by atoms with van der Waals surface area (Å²) < 4.78 is 5.24. The van der Waals surface area contributed by atoms with Gasteiger partial charge in [-0.3, -0.25) is 4.79 Å². The number of rotatable bonds is 6. The number of hydrogen-bond acceptors (Lipinski definition) is 3. The van der Waals surface area contributed by atoms with Crippen LogP contribution in [-0.4, -0.2) is 23.5 Å². The number of hydrogen-bond donors (Lipinski definition) is 1. The SMILES string of the molecule is CC(CCC(=O)c1ccccc1)C(C)NC(=O)OC(C)(C)C. The highest BCUT2D eigenvalue weighted by molar-refractivity contribution is 5.95. The monoisotopic (exact) mass is 305 g/mol. The van der Waals surface area contributed by atoms with Crippen LogP contribution in [0.5, 0.6) is 0 Å². The number of carbonyl (C=O) groups is 2. The Morgan fingerprint density at radius 3 is 2.27 bits per heavy atom. The van der Waals surface area contributed by atoms with Crippen LogP contribution in [0.3, 0.4) is 0 Å². The molecular weight excluding hydrogens is 278 g/mol. The molecule has 122 valence electrons. The van der Waals surface area contributed by atoms with E-state index in [0.29, 0.717) is 6.42 Å². The summed E-state index contributed by atoms with van der Waals surface area (Å²) in [5.74, 6) is 0.331. The fourth-order valence-electron chi connectivity index (χ4n) is 2.01. The summed E-state index contributed by atoms with van der Waals surface area (Å²) in [6.45, 7) is 9.46. The highest BCUT2D eigenvalue weighted by atomic mass is 16.6. The van der Waals surface area contributed by atoms with E-state index >= 15 is 0 Å². The van der Waals surface area contributed by atoms with Gasteiger partial charge in [0.2, 0.25) is 0 Å². The Morgan fingerprint density at radius 2 is 1.73 bits per heavy atom. The molecule has 0 saturated heterocycles. The Bertz CT molecular complexity index is 491. The summed E-state index contributed by atoms with van der Waals surface area (Å²) >= 11 is 0. The van der Waals surface area contributed by atoms with Crippen molar-refractivity contribution in [3.63, 3.8) is 0 Å². The van der Waals surface area contributed by atoms with Gasteiger partial charge in [0.25, 0.3) is 0 Å². The summed E-state index contributed by atoms with van der Waals surface area (Å²) in [6.07, 6.45) is 0.789. The number of benzene rings is 1. The third-order valence-electron chi connectivity index (χ3n) is 3.52. The molecule has 0 bridgehead atoms. The number of Topliss-reactive ketones (excluding diaryl/α,β-unsaturated/α-hetero) is 1. The second-order valence-corrected chi connectivity index (χ2v) is 6.74. The highest BCUT2D eigenvalue weighted by Crippen LogP contribution is 2.15. The normalized spacial score (nSPS) is 14.0. The van der Waals surface area contributed by atoms with Crippen molar-refractivity contribution in [1.82, 2.24) is 5.32 Å². The van der Waals surface area contributed by atoms with Crippen molar-refractivity contribution < 1.29 is 14.3 Å². The molecule has 0 aliphatic rings. The van der Waals surface area contributed by atoms with E-state index in [9.17, 15) is 9.59 Å². The smallest absolute Gasteiger partial charge is 0.407 e. The van der Waals surface area contributed by atoms with E-state index in [2.05, 4.69) is 5.32 Å². The molecule has 22 heavy (non-hydrogen) atoms. The molecule has 4 heteroatoms. The maximum absolute atomic E-state index is 12.1. The molecule has 2 atom stereocenters. The van der Waals surface area contributed by atoms with Crippen LogP contribution in [0.4, 0.5) is 4.79 Å². The zero-order chi connectivity index (χ0) is 16.8. The van der Waals surface area contributed by atoms with Crippen LogP contribution in [0, 0.1) is 5.92 Å². The number of ketones is 1. The fraction of sp³-hybridized carbons (Fsp3) is 0.556. The van der Waals surface area contributed by atoms with Crippen LogP contribution in [0.2, 0.25) is 0 Å². The van der Waals surface area contributed by atoms with Crippen molar-refractivity contribution in [1.29, 1.82) is 0 Å². The largest absolute Gasteiger partial charge is 0.444 e. The third kappa shape index (κ3) is 6.74. The van der Waals surface area contributed by atoms with E-state index in [0.717, 1.165) is 12.0 Å². The molecule has 0 aliphatic carbocycles. The summed E-state index contributed by atoms with van der Waals surface area (Å²) in [5.41, 5.74) is 0.235. The van der Waals surface area contributed by atoms with Crippen LogP contribution in [0.1, 0.15) is 57.8 Å². The molecule has 0 spiro atoms. The molecule has 2 unspecified atom stereocenters. The maximum Gasteiger partial charge on any atom is 0.407 e. The number of alkyl carbamates (subject to hydrolysis) is 1. The summed E-state index contributed by atoms with van der Waals surface area (Å²) in [4.78, 5) is 23.8. The van der Waals surface area contributed by atoms with Gasteiger partial charge < -0.3 is 10.1 Å². The van der Waals surface area contributed by atoms with Crippen LogP contribution in [-0.2, 0) is 4.74 Å². The van der Waals surface area contributed by atoms with Crippen molar-refractivity contribution in [2.75, 3.05) is 0 Å². The van der Waals surface area contributed by atoms with E-state index in [-0.39, 0.29) is 17.7 Å². The van der Waals surface area contributed by atoms with Crippen LogP contribution in [0.15, 0.2) is 30.3 Å². The Kier molecular flexibility index (Phi) is 6.60. The Balaban J connectivity index is 2.40. The number of carbonyl (C=O) groups excluding carboxylic acids is 2. The van der Waals surface area contributed by atoms with E-state index in [1.165, 1.54) is 0 Å². The molecule has 0 saturated carbocycles. The van der Waals surface area contributed by atoms with Gasteiger partial charge >= 0.3 is 6.09 Å². The Hall–Kier alpha value is -1.84. The lowest BCUT2D eigenvalue weighted by atomic mass is 9.95. The number of amides is 1. The van der Waals surface area contributed by atoms with Gasteiger partial charge in [0, 0.05) is 18.0 Å². The molecule has 1 rings (SSSR count). The first-order valence-electron chi connectivity index (χ1n) is 7.77. The van der Waals surface area contributed by atoms with Crippen LogP contribution >= 0.6 is 0 Å². The number of nitrogens with one attached hydrogen (secondary N) is 1. The fourth-order valence-corrected chi connectivity index (χ4v) is 2.01. The summed E-state index contributed by atoms with van der Waals surface area (Å²) in [5, 5.41) is 2.83. The molecule has 1 aromatic rings. The molecule has 1 N–H and O–H groups in total. The van der Waals surface area contributed by atoms with Gasteiger partial charge in [-0.1, -0.05) is 37.3 Å². The van der Waals surface area contributed by atoms with Crippen LogP contribution in [0.25, 0.3) is 0 Å². The molecule has 0 aromatic heterocycles. The van der Waals surface area contributed by atoms with Gasteiger partial charge in [0.15, 0.2) is 5.78 Å². The maximum atomic E-state index is 12.1. The van der Waals surface area contributed by atoms with Crippen molar-refractivity contribution in [3.8, 4) is 0 Å². The molecule has 1 aromatic carbocycles. The molecule has 0 fully saturated rings. The lowest BCUT2D eigenvalue weighted by molar-refractivity contribution is 0.0493. The summed E-state index contributed by atoms with van der Waals surface area (Å²) in [7, 11) is 0. The van der Waals surface area contributed by atoms with E-state index in [1.807, 2.05) is 65.0 Å². The average molecular weight is 305 g/mol. The molecule has 0 heterocycles. The predicted molar refractivity (Wildman–Crippen MR) is 88.0 cm³/mol. The van der Waals surface area contributed by atoms with Gasteiger partial charge in [-0.25, -0.2) is 4.79 Å². The lowest BCUT2D eigenvalue weighted by Gasteiger charge is -2.24. The first-order valence-corrected chi connectivity index (χ1v) is 7.77. The highest BCUT2D eigenvalue weighted by Gasteiger charge is 2.21. The average Bonchev–Trinajstić information content (AvgIpc) is 2.43. The van der Waals surface area contributed by atoms with Gasteiger partial charge in [0.05, 0.1) is 0 Å². The quantitative estimate of drug-likeness (QED) is 0.801. The summed E-state index contributed by atoms with van der Waals surface area (Å²) in [6, 6.07) is 9.24. The second-order valence-electron chi connectivity index (χ2n) is 6.74. The van der Waals surface area contributed by atoms with E-state index < -0.39 is 11.7 Å². The van der Waals surface area contributed by atoms with Crippen LogP contribution < -0.4 is 5.32 Å². The Labute approximate surface area is 133 Å². The first-order chi connectivity index (χ1) is 10.2. The molecule has 0 radical (unpaired) electrons. The topological polar surface area (TPSA) is 55.4 Å². The molecular formula is C18H27NO3. The minimum Gasteiger partial charge on any atom is -0.444 e. The molecule has 1 amide bonds. The Morgan fingerprint density at radius 1 is 1.14 bits per heavy atom. The van der Waals surface area contributed by atoms with Gasteiger partial charge in [-0.05, 0) is 40.0 Å². The van der Waals surface area contributed by atoms with Crippen molar-refractivity contribution in [3.05, 3.63) is 35.9 Å². The van der Waals surface area contributed by atoms with Gasteiger partial charge in [-0.2, -0.15) is 0 Å². The second kappa shape index (κ2) is 7.97. The van der Waals surface area contributed by atoms with E-state index in [1.54, 1.807) is 0 Å². The minimum absolute atomic E-state index is 0.0431. The standard InChI is InChI=1S/C18H27NO3/c1-13(14(2)19-17(21)22-18(3,4)5)11-12-16(20)15-9-7-6-8-10-15/h6-10,13-14H,11-12H2,1-5H3,(H,19,21). The predicted octanol–water partition coefficient (Wildman–Crippen LogP) is 4.20. The molecule has 0 aliphatic heterocycles. The zero-order valence-electron chi connectivity index (χ0n) is 14.2. The van der Waals surface area contributed by atoms with Crippen molar-refractivity contribution in [2.45, 2.75) is 59.1 Å². The van der Waals surface area contributed by atoms with Crippen molar-refractivity contribution >= 4 is 11.9 Å². The lowest BCUT2D eigenvalue weighted by Crippen LogP contribution is -2.40. The third-order valence-corrected chi connectivity index (χ3v) is 3.52. The minimum atomic E-state index is -0.504. The van der Waals surface area contributed by atoms with Gasteiger partial charge in [0.1, 0.15) is 5.60 Å². The van der Waals surface area contributed by atoms with Gasteiger partial charge in [-0.15, -0.1) is 0 Å². The molecule has 4 nitrogen and oxygen atoms in total. The zero-order valence-corrected chi connectivity index (χ0v) is 14.2. The van der Waals surface area contributed by atoms with Crippen molar-refractivity contribution in [2.24, 2.45) is 5.92 Å². The number of ether oxygens (including phenoxy) is 1.